The Hall–Kier alpha value is -2.71. The number of carbonyl (C=O) groups is 1. The number of aryl methyl sites for hydroxylation is 2. The lowest BCUT2D eigenvalue weighted by molar-refractivity contribution is 0.0930. The Labute approximate surface area is 198 Å². The minimum Gasteiger partial charge on any atom is -0.492 e. The zero-order chi connectivity index (χ0) is 22.2. The van der Waals surface area contributed by atoms with E-state index in [0.29, 0.717) is 51.7 Å². The van der Waals surface area contributed by atoms with Crippen LogP contribution in [0.25, 0.3) is 22.3 Å². The largest absolute Gasteiger partial charge is 0.492 e. The third kappa shape index (κ3) is 4.82. The number of benzene rings is 1. The van der Waals surface area contributed by atoms with Crippen LogP contribution in [0.2, 0.25) is 0 Å². The molecule has 9 heteroatoms. The van der Waals surface area contributed by atoms with Crippen molar-refractivity contribution in [3.63, 3.8) is 0 Å². The molecule has 0 bridgehead atoms. The molecule has 3 N–H and O–H groups in total. The Bertz CT molecular complexity index is 1170. The van der Waals surface area contributed by atoms with E-state index in [4.69, 9.17) is 4.74 Å². The molecule has 2 aliphatic rings. The van der Waals surface area contributed by atoms with Crippen LogP contribution in [0.3, 0.4) is 0 Å². The molecule has 0 spiro atoms. The van der Waals surface area contributed by atoms with Gasteiger partial charge in [0.25, 0.3) is 5.91 Å². The summed E-state index contributed by atoms with van der Waals surface area (Å²) in [5.74, 6) is 0.559. The second-order valence-corrected chi connectivity index (χ2v) is 8.92. The van der Waals surface area contributed by atoms with E-state index in [1.54, 1.807) is 13.0 Å². The number of amides is 1. The molecule has 3 aromatic rings. The molecular weight excluding hydrogens is 445 g/mol. The fourth-order valence-corrected chi connectivity index (χ4v) is 4.29. The number of aromatic amines is 1. The molecule has 5 rings (SSSR count). The molecule has 7 nitrogen and oxygen atoms in total. The third-order valence-corrected chi connectivity index (χ3v) is 6.36. The highest BCUT2D eigenvalue weighted by Gasteiger charge is 2.26. The van der Waals surface area contributed by atoms with Gasteiger partial charge in [-0.05, 0) is 70.2 Å². The van der Waals surface area contributed by atoms with Gasteiger partial charge in [-0.3, -0.25) is 4.79 Å². The van der Waals surface area contributed by atoms with Crippen molar-refractivity contribution in [3.8, 4) is 17.0 Å². The van der Waals surface area contributed by atoms with Gasteiger partial charge in [0.05, 0.1) is 17.7 Å². The van der Waals surface area contributed by atoms with E-state index in [0.717, 1.165) is 44.5 Å². The van der Waals surface area contributed by atoms with Gasteiger partial charge in [0, 0.05) is 23.4 Å². The van der Waals surface area contributed by atoms with Crippen molar-refractivity contribution < 1.29 is 13.9 Å². The molecule has 1 aromatic carbocycles. The van der Waals surface area contributed by atoms with E-state index < -0.39 is 0 Å². The van der Waals surface area contributed by atoms with E-state index >= 15 is 0 Å². The summed E-state index contributed by atoms with van der Waals surface area (Å²) < 4.78 is 20.3. The second-order valence-electron chi connectivity index (χ2n) is 8.92. The number of fused-ring (bicyclic) bond motifs is 1. The highest BCUT2D eigenvalue weighted by molar-refractivity contribution is 6.09. The number of piperidine rings is 1. The number of rotatable bonds is 6. The van der Waals surface area contributed by atoms with Crippen molar-refractivity contribution in [2.24, 2.45) is 5.92 Å². The van der Waals surface area contributed by atoms with Gasteiger partial charge >= 0.3 is 0 Å². The standard InChI is InChI=1S/C24H28FN5O2.ClH/c1-13-9-17(19(10-18(13)25)32-11-15-3-4-15)21-23-22(28-12-27-21)20(14(2)29-23)24(31)30-16-5-7-26-8-6-16;/h9-10,12,15-16,26,29H,3-8,11H2,1-2H3,(H,30,31);1H. The first-order valence-electron chi connectivity index (χ1n) is 11.3. The molecule has 1 aliphatic heterocycles. The first-order chi connectivity index (χ1) is 15.5. The van der Waals surface area contributed by atoms with E-state index in [1.807, 2.05) is 6.92 Å². The second kappa shape index (κ2) is 9.65. The first-order valence-corrected chi connectivity index (χ1v) is 11.3. The lowest BCUT2D eigenvalue weighted by Crippen LogP contribution is -2.42. The third-order valence-electron chi connectivity index (χ3n) is 6.36. The fraction of sp³-hybridized carbons (Fsp3) is 0.458. The van der Waals surface area contributed by atoms with E-state index in [1.165, 1.54) is 12.4 Å². The summed E-state index contributed by atoms with van der Waals surface area (Å²) in [4.78, 5) is 25.3. The highest BCUT2D eigenvalue weighted by atomic mass is 35.5. The van der Waals surface area contributed by atoms with Gasteiger partial charge in [-0.1, -0.05) is 0 Å². The summed E-state index contributed by atoms with van der Waals surface area (Å²) in [7, 11) is 0. The predicted molar refractivity (Wildman–Crippen MR) is 128 cm³/mol. The number of nitrogens with one attached hydrogen (secondary N) is 3. The van der Waals surface area contributed by atoms with Gasteiger partial charge in [0.2, 0.25) is 0 Å². The average Bonchev–Trinajstić information content (AvgIpc) is 3.54. The van der Waals surface area contributed by atoms with Crippen LogP contribution in [-0.4, -0.2) is 46.6 Å². The molecule has 1 amide bonds. The summed E-state index contributed by atoms with van der Waals surface area (Å²) in [6.07, 6.45) is 5.56. The number of carbonyl (C=O) groups excluding carboxylic acids is 1. The summed E-state index contributed by atoms with van der Waals surface area (Å²) in [5.41, 5.74) is 4.29. The maximum atomic E-state index is 14.3. The first kappa shape index (κ1) is 23.4. The van der Waals surface area contributed by atoms with Crippen LogP contribution in [0.4, 0.5) is 4.39 Å². The Balaban J connectivity index is 0.00000259. The lowest BCUT2D eigenvalue weighted by atomic mass is 10.0. The SMILES string of the molecule is Cc1cc(-c2ncnc3c(C(=O)NC4CCNCC4)c(C)[nH]c23)c(OCC2CC2)cc1F.Cl. The minimum absolute atomic E-state index is 0. The number of aromatic nitrogens is 3. The van der Waals surface area contributed by atoms with Gasteiger partial charge in [-0.15, -0.1) is 12.4 Å². The molecule has 2 aromatic heterocycles. The van der Waals surface area contributed by atoms with E-state index in [2.05, 4.69) is 25.6 Å². The summed E-state index contributed by atoms with van der Waals surface area (Å²) in [6.45, 7) is 5.95. The van der Waals surface area contributed by atoms with Crippen molar-refractivity contribution in [2.75, 3.05) is 19.7 Å². The van der Waals surface area contributed by atoms with Crippen molar-refractivity contribution >= 4 is 29.3 Å². The topological polar surface area (TPSA) is 91.9 Å². The van der Waals surface area contributed by atoms with Gasteiger partial charge in [0.1, 0.15) is 29.1 Å². The molecule has 1 aliphatic carbocycles. The quantitative estimate of drug-likeness (QED) is 0.502. The highest BCUT2D eigenvalue weighted by Crippen LogP contribution is 2.37. The van der Waals surface area contributed by atoms with Crippen LogP contribution in [0.15, 0.2) is 18.5 Å². The zero-order valence-electron chi connectivity index (χ0n) is 18.8. The molecule has 0 unspecified atom stereocenters. The van der Waals surface area contributed by atoms with Gasteiger partial charge < -0.3 is 20.4 Å². The van der Waals surface area contributed by atoms with Crippen LogP contribution in [-0.2, 0) is 0 Å². The molecule has 3 heterocycles. The summed E-state index contributed by atoms with van der Waals surface area (Å²) in [6, 6.07) is 3.34. The van der Waals surface area contributed by atoms with Gasteiger partial charge in [-0.2, -0.15) is 0 Å². The molecular formula is C24H29ClFN5O2. The molecule has 33 heavy (non-hydrogen) atoms. The Morgan fingerprint density at radius 1 is 1.18 bits per heavy atom. The normalized spacial score (nSPS) is 16.5. The molecule has 1 saturated heterocycles. The summed E-state index contributed by atoms with van der Waals surface area (Å²) in [5, 5.41) is 6.46. The smallest absolute Gasteiger partial charge is 0.255 e. The van der Waals surface area contributed by atoms with Crippen LogP contribution in [0, 0.1) is 25.6 Å². The lowest BCUT2D eigenvalue weighted by Gasteiger charge is -2.23. The monoisotopic (exact) mass is 473 g/mol. The fourth-order valence-electron chi connectivity index (χ4n) is 4.29. The van der Waals surface area contributed by atoms with Crippen molar-refractivity contribution in [1.82, 2.24) is 25.6 Å². The minimum atomic E-state index is -0.311. The molecule has 1 saturated carbocycles. The van der Waals surface area contributed by atoms with Crippen LogP contribution in [0.5, 0.6) is 5.75 Å². The number of halogens is 2. The van der Waals surface area contributed by atoms with Crippen LogP contribution >= 0.6 is 12.4 Å². The Morgan fingerprint density at radius 3 is 2.67 bits per heavy atom. The number of ether oxygens (including phenoxy) is 1. The van der Waals surface area contributed by atoms with Crippen molar-refractivity contribution in [2.45, 2.75) is 45.6 Å². The number of hydrogen-bond donors (Lipinski definition) is 3. The van der Waals surface area contributed by atoms with Crippen LogP contribution < -0.4 is 15.4 Å². The number of nitrogens with zero attached hydrogens (tertiary/aromatic N) is 2. The molecule has 2 fully saturated rings. The Morgan fingerprint density at radius 2 is 1.94 bits per heavy atom. The summed E-state index contributed by atoms with van der Waals surface area (Å²) >= 11 is 0. The maximum Gasteiger partial charge on any atom is 0.255 e. The number of hydrogen-bond acceptors (Lipinski definition) is 5. The van der Waals surface area contributed by atoms with Crippen LogP contribution in [0.1, 0.15) is 47.3 Å². The predicted octanol–water partition coefficient (Wildman–Crippen LogP) is 4.07. The van der Waals surface area contributed by atoms with E-state index in [-0.39, 0.29) is 30.2 Å². The van der Waals surface area contributed by atoms with Gasteiger partial charge in [0.15, 0.2) is 0 Å². The van der Waals surface area contributed by atoms with Crippen molar-refractivity contribution in [3.05, 3.63) is 41.1 Å². The van der Waals surface area contributed by atoms with E-state index in [9.17, 15) is 9.18 Å². The Kier molecular flexibility index (Phi) is 6.86. The molecule has 0 atom stereocenters. The average molecular weight is 474 g/mol. The number of H-pyrrole nitrogens is 1. The zero-order valence-corrected chi connectivity index (χ0v) is 19.7. The molecule has 0 radical (unpaired) electrons. The molecule has 176 valence electrons. The maximum absolute atomic E-state index is 14.3. The van der Waals surface area contributed by atoms with Crippen molar-refractivity contribution in [1.29, 1.82) is 0 Å². The van der Waals surface area contributed by atoms with Gasteiger partial charge in [-0.25, -0.2) is 14.4 Å².